The van der Waals surface area contributed by atoms with E-state index in [-0.39, 0.29) is 0 Å². The third kappa shape index (κ3) is 4.27. The number of rotatable bonds is 6. The third-order valence-corrected chi connectivity index (χ3v) is 3.38. The van der Waals surface area contributed by atoms with Crippen LogP contribution in [0.5, 0.6) is 11.5 Å². The summed E-state index contributed by atoms with van der Waals surface area (Å²) in [5, 5.41) is 0. The second-order valence-corrected chi connectivity index (χ2v) is 5.00. The monoisotopic (exact) mass is 388 g/mol. The van der Waals surface area contributed by atoms with E-state index < -0.39 is 40.7 Å². The SMILES string of the molecule is COc1ccc(/C=C/C(=O)NNc2c(F)c(F)c(F)c(F)c2F)c(OC)c1. The van der Waals surface area contributed by atoms with Crippen LogP contribution >= 0.6 is 0 Å². The Hall–Kier alpha value is -3.30. The van der Waals surface area contributed by atoms with Crippen molar-refractivity contribution in [3.05, 3.63) is 58.9 Å². The molecule has 0 fully saturated rings. The highest BCUT2D eigenvalue weighted by atomic mass is 19.2. The number of anilines is 1. The number of hydrazine groups is 1. The van der Waals surface area contributed by atoms with Crippen molar-refractivity contribution in [3.8, 4) is 11.5 Å². The van der Waals surface area contributed by atoms with Crippen LogP contribution in [0, 0.1) is 29.1 Å². The van der Waals surface area contributed by atoms with E-state index in [1.807, 2.05) is 5.43 Å². The van der Waals surface area contributed by atoms with Crippen molar-refractivity contribution in [1.29, 1.82) is 0 Å². The molecule has 0 bridgehead atoms. The highest BCUT2D eigenvalue weighted by Gasteiger charge is 2.25. The Morgan fingerprint density at radius 1 is 0.926 bits per heavy atom. The van der Waals surface area contributed by atoms with Gasteiger partial charge in [0.2, 0.25) is 5.82 Å². The maximum absolute atomic E-state index is 13.5. The summed E-state index contributed by atoms with van der Waals surface area (Å²) in [6.45, 7) is 0. The van der Waals surface area contributed by atoms with Crippen molar-refractivity contribution < 1.29 is 36.2 Å². The summed E-state index contributed by atoms with van der Waals surface area (Å²) in [4.78, 5) is 11.7. The molecule has 0 atom stereocenters. The standard InChI is InChI=1S/C17H13F5N2O3/c1-26-9-5-3-8(10(7-9)27-2)4-6-11(25)23-24-17-15(21)13(19)12(18)14(20)16(17)22/h3-7,24H,1-2H3,(H,23,25)/b6-4+. The van der Waals surface area contributed by atoms with Gasteiger partial charge in [-0.15, -0.1) is 0 Å². The van der Waals surface area contributed by atoms with Gasteiger partial charge in [0, 0.05) is 17.7 Å². The zero-order chi connectivity index (χ0) is 20.1. The number of hydrogen-bond donors (Lipinski definition) is 2. The van der Waals surface area contributed by atoms with E-state index in [2.05, 4.69) is 0 Å². The lowest BCUT2D eigenvalue weighted by Crippen LogP contribution is -2.29. The van der Waals surface area contributed by atoms with Crippen LogP contribution in [0.15, 0.2) is 24.3 Å². The van der Waals surface area contributed by atoms with Gasteiger partial charge in [-0.05, 0) is 18.2 Å². The number of nitrogens with one attached hydrogen (secondary N) is 2. The van der Waals surface area contributed by atoms with Gasteiger partial charge in [0.15, 0.2) is 23.3 Å². The molecule has 144 valence electrons. The number of carbonyl (C=O) groups is 1. The van der Waals surface area contributed by atoms with Crippen LogP contribution in [0.3, 0.4) is 0 Å². The molecule has 0 saturated carbocycles. The maximum Gasteiger partial charge on any atom is 0.262 e. The summed E-state index contributed by atoms with van der Waals surface area (Å²) in [7, 11) is 2.86. The molecule has 2 aromatic carbocycles. The lowest BCUT2D eigenvalue weighted by atomic mass is 10.1. The molecule has 0 unspecified atom stereocenters. The molecule has 0 aliphatic heterocycles. The van der Waals surface area contributed by atoms with Crippen LogP contribution in [0.2, 0.25) is 0 Å². The molecular formula is C17H13F5N2O3. The molecule has 0 aromatic heterocycles. The number of ether oxygens (including phenoxy) is 2. The lowest BCUT2D eigenvalue weighted by Gasteiger charge is -2.11. The predicted octanol–water partition coefficient (Wildman–Crippen LogP) is 3.56. The normalized spacial score (nSPS) is 10.8. The fourth-order valence-corrected chi connectivity index (χ4v) is 2.00. The number of carbonyl (C=O) groups excluding carboxylic acids is 1. The first-order valence-electron chi connectivity index (χ1n) is 7.27. The number of hydrogen-bond acceptors (Lipinski definition) is 4. The van der Waals surface area contributed by atoms with Crippen LogP contribution in [-0.2, 0) is 4.79 Å². The Bertz CT molecular complexity index is 874. The van der Waals surface area contributed by atoms with Crippen molar-refractivity contribution in [2.45, 2.75) is 0 Å². The van der Waals surface area contributed by atoms with Gasteiger partial charge in [0.05, 0.1) is 14.2 Å². The van der Waals surface area contributed by atoms with E-state index in [9.17, 15) is 26.7 Å². The van der Waals surface area contributed by atoms with Crippen LogP contribution in [0.4, 0.5) is 27.6 Å². The fraction of sp³-hybridized carbons (Fsp3) is 0.118. The van der Waals surface area contributed by atoms with Gasteiger partial charge >= 0.3 is 0 Å². The van der Waals surface area contributed by atoms with Crippen molar-refractivity contribution in [3.63, 3.8) is 0 Å². The summed E-state index contributed by atoms with van der Waals surface area (Å²) in [6.07, 6.45) is 2.28. The zero-order valence-electron chi connectivity index (χ0n) is 14.0. The summed E-state index contributed by atoms with van der Waals surface area (Å²) in [5.41, 5.74) is 2.58. The number of amides is 1. The molecule has 27 heavy (non-hydrogen) atoms. The molecule has 0 aliphatic carbocycles. The molecule has 1 amide bonds. The van der Waals surface area contributed by atoms with Crippen LogP contribution in [0.1, 0.15) is 5.56 Å². The maximum atomic E-state index is 13.5. The van der Waals surface area contributed by atoms with Gasteiger partial charge in [-0.25, -0.2) is 22.0 Å². The van der Waals surface area contributed by atoms with Crippen molar-refractivity contribution in [2.24, 2.45) is 0 Å². The van der Waals surface area contributed by atoms with Crippen molar-refractivity contribution in [1.82, 2.24) is 5.43 Å². The van der Waals surface area contributed by atoms with E-state index in [1.165, 1.54) is 20.3 Å². The Morgan fingerprint density at radius 2 is 1.52 bits per heavy atom. The van der Waals surface area contributed by atoms with Gasteiger partial charge in [-0.1, -0.05) is 0 Å². The second-order valence-electron chi connectivity index (χ2n) is 5.00. The Kier molecular flexibility index (Phi) is 6.22. The average Bonchev–Trinajstić information content (AvgIpc) is 2.68. The highest BCUT2D eigenvalue weighted by Crippen LogP contribution is 2.27. The first-order valence-corrected chi connectivity index (χ1v) is 7.27. The molecule has 2 rings (SSSR count). The summed E-state index contributed by atoms with van der Waals surface area (Å²) in [6, 6.07) is 4.75. The topological polar surface area (TPSA) is 59.6 Å². The molecule has 2 aromatic rings. The van der Waals surface area contributed by atoms with E-state index in [1.54, 1.807) is 23.6 Å². The van der Waals surface area contributed by atoms with E-state index in [0.29, 0.717) is 17.1 Å². The fourth-order valence-electron chi connectivity index (χ4n) is 2.00. The van der Waals surface area contributed by atoms with Crippen LogP contribution in [-0.4, -0.2) is 20.1 Å². The number of methoxy groups -OCH3 is 2. The van der Waals surface area contributed by atoms with Crippen molar-refractivity contribution >= 4 is 17.7 Å². The van der Waals surface area contributed by atoms with Crippen molar-refractivity contribution in [2.75, 3.05) is 19.6 Å². The minimum atomic E-state index is -2.30. The second kappa shape index (κ2) is 8.39. The molecular weight excluding hydrogens is 375 g/mol. The molecule has 0 saturated heterocycles. The average molecular weight is 388 g/mol. The summed E-state index contributed by atoms with van der Waals surface area (Å²) in [5.74, 6) is -10.8. The van der Waals surface area contributed by atoms with Gasteiger partial charge in [0.25, 0.3) is 5.91 Å². The van der Waals surface area contributed by atoms with E-state index >= 15 is 0 Å². The third-order valence-electron chi connectivity index (χ3n) is 3.38. The van der Waals surface area contributed by atoms with Gasteiger partial charge in [-0.2, -0.15) is 0 Å². The molecule has 0 aliphatic rings. The predicted molar refractivity (Wildman–Crippen MR) is 86.6 cm³/mol. The molecule has 0 spiro atoms. The summed E-state index contributed by atoms with van der Waals surface area (Å²) < 4.78 is 76.3. The smallest absolute Gasteiger partial charge is 0.262 e. The Balaban J connectivity index is 2.13. The number of halogens is 5. The van der Waals surface area contributed by atoms with Gasteiger partial charge in [-0.3, -0.25) is 15.6 Å². The minimum Gasteiger partial charge on any atom is -0.497 e. The van der Waals surface area contributed by atoms with Crippen LogP contribution < -0.4 is 20.3 Å². The minimum absolute atomic E-state index is 0.381. The Morgan fingerprint density at radius 3 is 2.07 bits per heavy atom. The molecule has 5 nitrogen and oxygen atoms in total. The molecule has 0 radical (unpaired) electrons. The largest absolute Gasteiger partial charge is 0.497 e. The molecule has 2 N–H and O–H groups in total. The van der Waals surface area contributed by atoms with E-state index in [0.717, 1.165) is 6.08 Å². The lowest BCUT2D eigenvalue weighted by molar-refractivity contribution is -0.116. The van der Waals surface area contributed by atoms with Gasteiger partial charge < -0.3 is 9.47 Å². The molecule has 10 heteroatoms. The van der Waals surface area contributed by atoms with E-state index in [4.69, 9.17) is 9.47 Å². The molecule has 0 heterocycles. The quantitative estimate of drug-likeness (QED) is 0.261. The number of benzene rings is 2. The van der Waals surface area contributed by atoms with Crippen LogP contribution in [0.25, 0.3) is 6.08 Å². The Labute approximate surface area is 150 Å². The van der Waals surface area contributed by atoms with Gasteiger partial charge in [0.1, 0.15) is 17.2 Å². The highest BCUT2D eigenvalue weighted by molar-refractivity contribution is 5.92. The summed E-state index contributed by atoms with van der Waals surface area (Å²) >= 11 is 0. The first-order chi connectivity index (χ1) is 12.8. The zero-order valence-corrected chi connectivity index (χ0v) is 14.0. The first kappa shape index (κ1) is 20.0.